The van der Waals surface area contributed by atoms with Crippen LogP contribution in [-0.4, -0.2) is 48.9 Å². The highest BCUT2D eigenvalue weighted by Gasteiger charge is 2.26. The molecule has 0 radical (unpaired) electrons. The van der Waals surface area contributed by atoms with Gasteiger partial charge in [0.25, 0.3) is 0 Å². The first-order chi connectivity index (χ1) is 10.7. The lowest BCUT2D eigenvalue weighted by atomic mass is 10.1. The van der Waals surface area contributed by atoms with Gasteiger partial charge in [-0.1, -0.05) is 12.1 Å². The first-order valence-corrected chi connectivity index (χ1v) is 7.83. The molecule has 1 atom stereocenters. The van der Waals surface area contributed by atoms with E-state index >= 15 is 0 Å². The number of piperidine rings is 1. The topological polar surface area (TPSA) is 73.5 Å². The Morgan fingerprint density at radius 2 is 1.83 bits per heavy atom. The fraction of sp³-hybridized carbons (Fsp3) is 0.500. The number of nitrogens with zero attached hydrogens (tertiary/aromatic N) is 1. The molecule has 2 fully saturated rings. The normalized spacial score (nSPS) is 22.2. The van der Waals surface area contributed by atoms with Crippen molar-refractivity contribution in [3.05, 3.63) is 29.8 Å². The predicted octanol–water partition coefficient (Wildman–Crippen LogP) is 0.731. The highest BCUT2D eigenvalue weighted by Crippen LogP contribution is 2.16. The monoisotopic (exact) mass is 338 g/mol. The van der Waals surface area contributed by atoms with Gasteiger partial charge in [0.05, 0.1) is 0 Å². The minimum atomic E-state index is -0.322. The van der Waals surface area contributed by atoms with Crippen LogP contribution in [0, 0.1) is 0 Å². The van der Waals surface area contributed by atoms with Crippen LogP contribution in [0.1, 0.15) is 18.4 Å². The van der Waals surface area contributed by atoms with Crippen molar-refractivity contribution >= 4 is 29.9 Å². The van der Waals surface area contributed by atoms with Crippen LogP contribution in [0.15, 0.2) is 24.3 Å². The van der Waals surface area contributed by atoms with Gasteiger partial charge in [0.15, 0.2) is 0 Å². The van der Waals surface area contributed by atoms with E-state index in [9.17, 15) is 9.59 Å². The molecule has 0 spiro atoms. The molecule has 23 heavy (non-hydrogen) atoms. The number of carbonyl (C=O) groups is 2. The summed E-state index contributed by atoms with van der Waals surface area (Å²) in [5.74, 6) is -0.421. The molecule has 0 bridgehead atoms. The summed E-state index contributed by atoms with van der Waals surface area (Å²) in [6.45, 7) is 5.22. The number of anilines is 1. The predicted molar refractivity (Wildman–Crippen MR) is 91.6 cm³/mol. The van der Waals surface area contributed by atoms with Crippen molar-refractivity contribution in [2.45, 2.75) is 25.4 Å². The molecule has 1 unspecified atom stereocenters. The molecule has 3 rings (SSSR count). The van der Waals surface area contributed by atoms with Crippen LogP contribution in [0.2, 0.25) is 0 Å². The summed E-state index contributed by atoms with van der Waals surface area (Å²) in [6, 6.07) is 7.87. The zero-order valence-corrected chi connectivity index (χ0v) is 13.8. The number of amides is 2. The van der Waals surface area contributed by atoms with Gasteiger partial charge >= 0.3 is 0 Å². The zero-order chi connectivity index (χ0) is 15.4. The maximum absolute atomic E-state index is 11.7. The summed E-state index contributed by atoms with van der Waals surface area (Å²) in [5.41, 5.74) is 2.19. The number of carbonyl (C=O) groups excluding carboxylic acids is 2. The van der Waals surface area contributed by atoms with Gasteiger partial charge in [-0.2, -0.15) is 0 Å². The summed E-state index contributed by atoms with van der Waals surface area (Å²) in [5, 5.41) is 8.91. The lowest BCUT2D eigenvalue weighted by Crippen LogP contribution is -2.47. The van der Waals surface area contributed by atoms with Crippen LogP contribution in [0.5, 0.6) is 0 Å². The molecule has 2 saturated heterocycles. The summed E-state index contributed by atoms with van der Waals surface area (Å²) in [6.07, 6.45) is 0.942. The first kappa shape index (κ1) is 17.7. The van der Waals surface area contributed by atoms with Crippen molar-refractivity contribution in [2.75, 3.05) is 31.5 Å². The minimum Gasteiger partial charge on any atom is -0.374 e. The van der Waals surface area contributed by atoms with E-state index in [4.69, 9.17) is 0 Å². The van der Waals surface area contributed by atoms with Crippen LogP contribution >= 0.6 is 12.4 Å². The lowest BCUT2D eigenvalue weighted by Gasteiger charge is -2.27. The average Bonchev–Trinajstić information content (AvgIpc) is 2.53. The largest absolute Gasteiger partial charge is 0.374 e. The Hall–Kier alpha value is -1.63. The van der Waals surface area contributed by atoms with Gasteiger partial charge in [0, 0.05) is 44.8 Å². The third kappa shape index (κ3) is 4.92. The van der Waals surface area contributed by atoms with E-state index in [0.29, 0.717) is 12.8 Å². The molecule has 7 heteroatoms. The van der Waals surface area contributed by atoms with Gasteiger partial charge in [-0.15, -0.1) is 12.4 Å². The number of imide groups is 1. The third-order valence-electron chi connectivity index (χ3n) is 4.15. The number of rotatable bonds is 4. The van der Waals surface area contributed by atoms with Crippen molar-refractivity contribution in [1.29, 1.82) is 0 Å². The second-order valence-electron chi connectivity index (χ2n) is 5.87. The highest BCUT2D eigenvalue weighted by atomic mass is 35.5. The van der Waals surface area contributed by atoms with Crippen molar-refractivity contribution in [2.24, 2.45) is 0 Å². The number of benzene rings is 1. The molecular weight excluding hydrogens is 316 g/mol. The number of hydrogen-bond acceptors (Lipinski definition) is 5. The number of piperazine rings is 1. The Bertz CT molecular complexity index is 544. The highest BCUT2D eigenvalue weighted by molar-refractivity contribution is 6.01. The van der Waals surface area contributed by atoms with Crippen molar-refractivity contribution < 1.29 is 9.59 Å². The average molecular weight is 339 g/mol. The Balaban J connectivity index is 0.00000192. The van der Waals surface area contributed by atoms with E-state index in [1.807, 2.05) is 12.1 Å². The molecule has 6 nitrogen and oxygen atoms in total. The Kier molecular flexibility index (Phi) is 6.38. The van der Waals surface area contributed by atoms with Crippen LogP contribution in [-0.2, 0) is 16.1 Å². The number of nitrogens with one attached hydrogen (secondary N) is 3. The van der Waals surface area contributed by atoms with Gasteiger partial charge in [-0.25, -0.2) is 0 Å². The molecule has 3 N–H and O–H groups in total. The maximum Gasteiger partial charge on any atom is 0.249 e. The Morgan fingerprint density at radius 1 is 1.13 bits per heavy atom. The zero-order valence-electron chi connectivity index (χ0n) is 13.0. The number of hydrogen-bond donors (Lipinski definition) is 3. The van der Waals surface area contributed by atoms with E-state index < -0.39 is 0 Å². The molecule has 0 saturated carbocycles. The quantitative estimate of drug-likeness (QED) is 0.706. The van der Waals surface area contributed by atoms with Crippen LogP contribution in [0.3, 0.4) is 0 Å². The van der Waals surface area contributed by atoms with Crippen molar-refractivity contribution in [1.82, 2.24) is 15.5 Å². The molecule has 2 aliphatic rings. The van der Waals surface area contributed by atoms with Crippen molar-refractivity contribution in [3.63, 3.8) is 0 Å². The second kappa shape index (κ2) is 8.29. The van der Waals surface area contributed by atoms with E-state index in [1.54, 1.807) is 0 Å². The summed E-state index contributed by atoms with van der Waals surface area (Å²) in [4.78, 5) is 25.3. The van der Waals surface area contributed by atoms with E-state index in [2.05, 4.69) is 33.0 Å². The van der Waals surface area contributed by atoms with Gasteiger partial charge in [0.1, 0.15) is 6.04 Å². The fourth-order valence-electron chi connectivity index (χ4n) is 2.87. The molecule has 2 aliphatic heterocycles. The molecule has 2 heterocycles. The van der Waals surface area contributed by atoms with Crippen LogP contribution in [0.4, 0.5) is 5.69 Å². The second-order valence-corrected chi connectivity index (χ2v) is 5.87. The maximum atomic E-state index is 11.7. The number of halogens is 1. The molecule has 0 aromatic heterocycles. The molecule has 1 aromatic rings. The Morgan fingerprint density at radius 3 is 2.48 bits per heavy atom. The van der Waals surface area contributed by atoms with Gasteiger partial charge < -0.3 is 10.6 Å². The minimum absolute atomic E-state index is 0. The van der Waals surface area contributed by atoms with Crippen LogP contribution < -0.4 is 16.0 Å². The van der Waals surface area contributed by atoms with E-state index in [1.165, 1.54) is 5.56 Å². The van der Waals surface area contributed by atoms with E-state index in [0.717, 1.165) is 38.4 Å². The standard InChI is InChI=1S/C16H22N4O2.ClH/c21-15-6-5-14(16(22)19-15)18-13-3-1-12(2-4-13)11-20-9-7-17-8-10-20;/h1-4,14,17-18H,5-11H2,(H,19,21,22);1H. The third-order valence-corrected chi connectivity index (χ3v) is 4.15. The smallest absolute Gasteiger partial charge is 0.249 e. The SMILES string of the molecule is Cl.O=C1CCC(Nc2ccc(CN3CCNCC3)cc2)C(=O)N1. The summed E-state index contributed by atoms with van der Waals surface area (Å²) in [7, 11) is 0. The molecule has 126 valence electrons. The first-order valence-electron chi connectivity index (χ1n) is 7.83. The molecule has 1 aromatic carbocycles. The fourth-order valence-corrected chi connectivity index (χ4v) is 2.87. The van der Waals surface area contributed by atoms with Crippen LogP contribution in [0.25, 0.3) is 0 Å². The molecule has 2 amide bonds. The van der Waals surface area contributed by atoms with Gasteiger partial charge in [-0.3, -0.25) is 19.8 Å². The molecule has 0 aliphatic carbocycles. The van der Waals surface area contributed by atoms with Gasteiger partial charge in [0.2, 0.25) is 11.8 Å². The summed E-state index contributed by atoms with van der Waals surface area (Å²) < 4.78 is 0. The lowest BCUT2D eigenvalue weighted by molar-refractivity contribution is -0.133. The Labute approximate surface area is 142 Å². The van der Waals surface area contributed by atoms with E-state index in [-0.39, 0.29) is 30.3 Å². The van der Waals surface area contributed by atoms with Crippen molar-refractivity contribution in [3.8, 4) is 0 Å². The summed E-state index contributed by atoms with van der Waals surface area (Å²) >= 11 is 0. The molecular formula is C16H23ClN4O2. The van der Waals surface area contributed by atoms with Gasteiger partial charge in [-0.05, 0) is 24.1 Å².